The first-order chi connectivity index (χ1) is 17.6. The van der Waals surface area contributed by atoms with Crippen molar-refractivity contribution in [2.75, 3.05) is 12.0 Å². The number of carboxylic acids is 1. The summed E-state index contributed by atoms with van der Waals surface area (Å²) in [4.78, 5) is 57.6. The summed E-state index contributed by atoms with van der Waals surface area (Å²) in [7, 11) is 0. The van der Waals surface area contributed by atoms with Crippen molar-refractivity contribution >= 4 is 35.5 Å². The smallest absolute Gasteiger partial charge is 0.326 e. The maximum Gasteiger partial charge on any atom is 0.326 e. The number of nitrogens with one attached hydrogen (secondary N) is 4. The third-order valence-electron chi connectivity index (χ3n) is 5.72. The van der Waals surface area contributed by atoms with Gasteiger partial charge in [0.25, 0.3) is 0 Å². The van der Waals surface area contributed by atoms with Gasteiger partial charge in [0, 0.05) is 18.3 Å². The molecule has 4 unspecified atom stereocenters. The van der Waals surface area contributed by atoms with Gasteiger partial charge in [0.2, 0.25) is 17.7 Å². The van der Waals surface area contributed by atoms with Crippen LogP contribution in [0.15, 0.2) is 42.9 Å². The Morgan fingerprint density at radius 3 is 2.22 bits per heavy atom. The van der Waals surface area contributed by atoms with E-state index < -0.39 is 47.9 Å². The Morgan fingerprint density at radius 2 is 1.65 bits per heavy atom. The molecule has 1 aromatic heterocycles. The van der Waals surface area contributed by atoms with Crippen molar-refractivity contribution in [3.8, 4) is 0 Å². The Kier molecular flexibility index (Phi) is 12.1. The van der Waals surface area contributed by atoms with E-state index in [-0.39, 0.29) is 12.3 Å². The molecule has 0 aliphatic heterocycles. The monoisotopic (exact) mass is 532 g/mol. The quantitative estimate of drug-likeness (QED) is 0.191. The predicted molar refractivity (Wildman–Crippen MR) is 142 cm³/mol. The molecule has 1 aromatic carbocycles. The van der Waals surface area contributed by atoms with Crippen LogP contribution in [0.5, 0.6) is 0 Å². The number of aromatic nitrogens is 2. The van der Waals surface area contributed by atoms with Crippen LogP contribution in [0.4, 0.5) is 0 Å². The Labute approximate surface area is 220 Å². The fraction of sp³-hybridized carbons (Fsp3) is 0.480. The summed E-state index contributed by atoms with van der Waals surface area (Å²) in [5.74, 6) is -2.66. The Morgan fingerprint density at radius 1 is 1.00 bits per heavy atom. The molecule has 0 aliphatic rings. The van der Waals surface area contributed by atoms with Gasteiger partial charge in [0.15, 0.2) is 0 Å². The first kappa shape index (κ1) is 29.8. The molecule has 7 N–H and O–H groups in total. The van der Waals surface area contributed by atoms with Gasteiger partial charge in [0.05, 0.1) is 12.4 Å². The molecule has 4 atom stereocenters. The maximum atomic E-state index is 13.3. The number of carboxylic acid groups (broad SMARTS) is 1. The van der Waals surface area contributed by atoms with Crippen LogP contribution in [0.3, 0.4) is 0 Å². The number of amides is 3. The van der Waals surface area contributed by atoms with Crippen LogP contribution in [0, 0.1) is 5.92 Å². The van der Waals surface area contributed by atoms with Crippen LogP contribution in [-0.2, 0) is 32.0 Å². The number of thioether (sulfide) groups is 1. The van der Waals surface area contributed by atoms with Gasteiger partial charge < -0.3 is 31.8 Å². The van der Waals surface area contributed by atoms with E-state index in [1.54, 1.807) is 13.8 Å². The van der Waals surface area contributed by atoms with Gasteiger partial charge in [0.1, 0.15) is 18.1 Å². The second-order valence-electron chi connectivity index (χ2n) is 9.05. The molecule has 0 saturated heterocycles. The minimum absolute atomic E-state index is 0.0543. The molecule has 0 bridgehead atoms. The molecule has 0 fully saturated rings. The zero-order valence-electron chi connectivity index (χ0n) is 21.3. The van der Waals surface area contributed by atoms with E-state index in [1.165, 1.54) is 24.3 Å². The second kappa shape index (κ2) is 15.0. The van der Waals surface area contributed by atoms with E-state index in [0.717, 1.165) is 5.56 Å². The summed E-state index contributed by atoms with van der Waals surface area (Å²) in [6.45, 7) is 3.35. The molecule has 2 aromatic rings. The van der Waals surface area contributed by atoms with E-state index in [4.69, 9.17) is 5.73 Å². The van der Waals surface area contributed by atoms with E-state index in [9.17, 15) is 24.3 Å². The Bertz CT molecular complexity index is 1020. The molecule has 202 valence electrons. The number of carbonyl (C=O) groups is 4. The van der Waals surface area contributed by atoms with Crippen molar-refractivity contribution in [2.45, 2.75) is 57.3 Å². The highest BCUT2D eigenvalue weighted by atomic mass is 32.2. The van der Waals surface area contributed by atoms with E-state index in [0.29, 0.717) is 24.3 Å². The molecular formula is C25H36N6O5S. The second-order valence-corrected chi connectivity index (χ2v) is 10.0. The number of hydrogen-bond acceptors (Lipinski definition) is 7. The summed E-state index contributed by atoms with van der Waals surface area (Å²) in [6.07, 6.45) is 5.51. The third-order valence-corrected chi connectivity index (χ3v) is 6.37. The molecule has 0 saturated carbocycles. The number of carbonyl (C=O) groups excluding carboxylic acids is 3. The molecule has 0 radical (unpaired) electrons. The topological polar surface area (TPSA) is 179 Å². The number of aromatic amines is 1. The first-order valence-electron chi connectivity index (χ1n) is 12.0. The van der Waals surface area contributed by atoms with Crippen molar-refractivity contribution < 1.29 is 24.3 Å². The summed E-state index contributed by atoms with van der Waals surface area (Å²) in [5, 5.41) is 17.4. The van der Waals surface area contributed by atoms with Crippen LogP contribution >= 0.6 is 11.8 Å². The van der Waals surface area contributed by atoms with Gasteiger partial charge in [-0.15, -0.1) is 0 Å². The third kappa shape index (κ3) is 9.89. The highest BCUT2D eigenvalue weighted by Crippen LogP contribution is 2.08. The predicted octanol–water partition coefficient (Wildman–Crippen LogP) is 0.470. The molecule has 12 heteroatoms. The van der Waals surface area contributed by atoms with E-state index in [2.05, 4.69) is 25.9 Å². The fourth-order valence-electron chi connectivity index (χ4n) is 3.61. The molecule has 2 rings (SSSR count). The molecule has 0 spiro atoms. The molecule has 1 heterocycles. The molecular weight excluding hydrogens is 496 g/mol. The normalized spacial score (nSPS) is 14.3. The minimum Gasteiger partial charge on any atom is -0.480 e. The van der Waals surface area contributed by atoms with Crippen molar-refractivity contribution in [1.82, 2.24) is 25.9 Å². The van der Waals surface area contributed by atoms with Crippen molar-refractivity contribution in [2.24, 2.45) is 11.7 Å². The van der Waals surface area contributed by atoms with E-state index in [1.807, 2.05) is 36.6 Å². The molecule has 3 amide bonds. The summed E-state index contributed by atoms with van der Waals surface area (Å²) in [6, 6.07) is 5.29. The zero-order valence-corrected chi connectivity index (χ0v) is 22.1. The Balaban J connectivity index is 2.15. The number of nitrogens with zero attached hydrogens (tertiary/aromatic N) is 1. The summed E-state index contributed by atoms with van der Waals surface area (Å²) >= 11 is 1.51. The lowest BCUT2D eigenvalue weighted by molar-refractivity contribution is -0.143. The minimum atomic E-state index is -1.17. The van der Waals surface area contributed by atoms with Crippen molar-refractivity contribution in [3.05, 3.63) is 54.1 Å². The van der Waals surface area contributed by atoms with Crippen LogP contribution in [-0.4, -0.2) is 74.9 Å². The molecule has 37 heavy (non-hydrogen) atoms. The van der Waals surface area contributed by atoms with Crippen LogP contribution in [0.25, 0.3) is 0 Å². The number of aliphatic carboxylic acids is 1. The molecule has 11 nitrogen and oxygen atoms in total. The highest BCUT2D eigenvalue weighted by molar-refractivity contribution is 7.98. The van der Waals surface area contributed by atoms with E-state index >= 15 is 0 Å². The largest absolute Gasteiger partial charge is 0.480 e. The van der Waals surface area contributed by atoms with Crippen LogP contribution in [0.2, 0.25) is 0 Å². The number of imidazole rings is 1. The van der Waals surface area contributed by atoms with Gasteiger partial charge in [-0.3, -0.25) is 14.4 Å². The number of rotatable bonds is 15. The average Bonchev–Trinajstić information content (AvgIpc) is 3.37. The highest BCUT2D eigenvalue weighted by Gasteiger charge is 2.31. The zero-order chi connectivity index (χ0) is 27.4. The molecule has 0 aliphatic carbocycles. The van der Waals surface area contributed by atoms with Crippen LogP contribution < -0.4 is 21.7 Å². The van der Waals surface area contributed by atoms with Crippen LogP contribution in [0.1, 0.15) is 31.5 Å². The standard InChI is InChI=1S/C25H36N6O5S/c1-15(2)21(25(35)36)31-24(34)20(12-17-13-27-14-28-17)30-23(33)19(9-10-37-3)29-22(32)18(26)11-16-7-5-4-6-8-16/h4-8,13-15,18-21H,9-12,26H2,1-3H3,(H,27,28)(H,29,32)(H,30,33)(H,31,34)(H,35,36). The Hall–Kier alpha value is -3.38. The average molecular weight is 533 g/mol. The lowest BCUT2D eigenvalue weighted by Gasteiger charge is -2.26. The van der Waals surface area contributed by atoms with Crippen molar-refractivity contribution in [3.63, 3.8) is 0 Å². The summed E-state index contributed by atoms with van der Waals surface area (Å²) in [5.41, 5.74) is 7.57. The number of hydrogen-bond donors (Lipinski definition) is 6. The van der Waals surface area contributed by atoms with Gasteiger partial charge in [-0.25, -0.2) is 9.78 Å². The lowest BCUT2D eigenvalue weighted by Crippen LogP contribution is -2.58. The van der Waals surface area contributed by atoms with Gasteiger partial charge in [-0.05, 0) is 36.3 Å². The lowest BCUT2D eigenvalue weighted by atomic mass is 10.0. The first-order valence-corrected chi connectivity index (χ1v) is 13.4. The maximum absolute atomic E-state index is 13.3. The SMILES string of the molecule is CSCCC(NC(=O)C(N)Cc1ccccc1)C(=O)NC(Cc1cnc[nH]1)C(=O)NC(C(=O)O)C(C)C. The van der Waals surface area contributed by atoms with Gasteiger partial charge in [-0.2, -0.15) is 11.8 Å². The van der Waals surface area contributed by atoms with Crippen molar-refractivity contribution in [1.29, 1.82) is 0 Å². The summed E-state index contributed by atoms with van der Waals surface area (Å²) < 4.78 is 0. The number of benzene rings is 1. The van der Waals surface area contributed by atoms with Gasteiger partial charge in [-0.1, -0.05) is 44.2 Å². The fourth-order valence-corrected chi connectivity index (χ4v) is 4.08. The van der Waals surface area contributed by atoms with Gasteiger partial charge >= 0.3 is 5.97 Å². The number of H-pyrrole nitrogens is 1. The number of nitrogens with two attached hydrogens (primary N) is 1.